The first-order valence-corrected chi connectivity index (χ1v) is 10.6. The molecule has 1 aliphatic rings. The van der Waals surface area contributed by atoms with E-state index in [9.17, 15) is 14.4 Å². The van der Waals surface area contributed by atoms with Crippen molar-refractivity contribution < 1.29 is 23.9 Å². The summed E-state index contributed by atoms with van der Waals surface area (Å²) in [5.41, 5.74) is 1.33. The summed E-state index contributed by atoms with van der Waals surface area (Å²) in [6, 6.07) is 7.68. The summed E-state index contributed by atoms with van der Waals surface area (Å²) >= 11 is 21.7. The molecule has 0 spiro atoms. The fraction of sp³-hybridized carbons (Fsp3) is 0.150. The third-order valence-corrected chi connectivity index (χ3v) is 5.78. The molecule has 1 heterocycles. The topological polar surface area (TPSA) is 84.9 Å². The Hall–Kier alpha value is -2.26. The van der Waals surface area contributed by atoms with Crippen LogP contribution in [0.2, 0.25) is 15.1 Å². The van der Waals surface area contributed by atoms with Crippen molar-refractivity contribution in [1.82, 2.24) is 10.2 Å². The average molecular weight is 549 g/mol. The van der Waals surface area contributed by atoms with Gasteiger partial charge >= 0.3 is 12.0 Å². The molecule has 0 radical (unpaired) electrons. The Kier molecular flexibility index (Phi) is 7.48. The lowest BCUT2D eigenvalue weighted by Crippen LogP contribution is -2.36. The van der Waals surface area contributed by atoms with Crippen LogP contribution in [0.5, 0.6) is 5.75 Å². The highest BCUT2D eigenvalue weighted by molar-refractivity contribution is 9.10. The summed E-state index contributed by atoms with van der Waals surface area (Å²) in [5.74, 6) is -0.967. The molecule has 2 aromatic rings. The molecule has 2 aromatic carbocycles. The third-order valence-electron chi connectivity index (χ3n) is 4.18. The van der Waals surface area contributed by atoms with Gasteiger partial charge < -0.3 is 14.8 Å². The number of carbonyl (C=O) groups is 3. The zero-order valence-corrected chi connectivity index (χ0v) is 19.7. The molecule has 1 saturated heterocycles. The fourth-order valence-electron chi connectivity index (χ4n) is 2.66. The maximum atomic E-state index is 12.4. The van der Waals surface area contributed by atoms with E-state index in [1.807, 2.05) is 0 Å². The van der Waals surface area contributed by atoms with Gasteiger partial charge in [-0.1, -0.05) is 40.9 Å². The first-order valence-electron chi connectivity index (χ1n) is 8.66. The number of nitrogens with zero attached hydrogens (tertiary/aromatic N) is 1. The maximum Gasteiger partial charge on any atom is 0.329 e. The fourth-order valence-corrected chi connectivity index (χ4v) is 3.97. The highest BCUT2D eigenvalue weighted by Crippen LogP contribution is 2.36. The molecule has 0 aliphatic carbocycles. The highest BCUT2D eigenvalue weighted by Gasteiger charge is 2.35. The van der Waals surface area contributed by atoms with Crippen molar-refractivity contribution in [1.29, 1.82) is 0 Å². The Morgan fingerprint density at radius 2 is 1.87 bits per heavy atom. The Balaban J connectivity index is 1.77. The number of rotatable bonds is 6. The van der Waals surface area contributed by atoms with E-state index in [0.717, 1.165) is 10.5 Å². The van der Waals surface area contributed by atoms with Gasteiger partial charge in [-0.05, 0) is 57.4 Å². The minimum Gasteiger partial charge on any atom is -0.486 e. The van der Waals surface area contributed by atoms with Crippen molar-refractivity contribution >= 4 is 74.7 Å². The van der Waals surface area contributed by atoms with Crippen molar-refractivity contribution in [2.75, 3.05) is 13.7 Å². The smallest absolute Gasteiger partial charge is 0.329 e. The number of hydrogen-bond acceptors (Lipinski definition) is 5. The number of hydrogen-bond donors (Lipinski definition) is 1. The molecule has 31 heavy (non-hydrogen) atoms. The largest absolute Gasteiger partial charge is 0.486 e. The van der Waals surface area contributed by atoms with Crippen molar-refractivity contribution in [2.45, 2.75) is 6.61 Å². The third kappa shape index (κ3) is 5.51. The van der Waals surface area contributed by atoms with E-state index in [1.165, 1.54) is 13.2 Å². The number of halogens is 4. The predicted molar refractivity (Wildman–Crippen MR) is 120 cm³/mol. The summed E-state index contributed by atoms with van der Waals surface area (Å²) in [6.45, 7) is -0.281. The Bertz CT molecular complexity index is 1080. The van der Waals surface area contributed by atoms with E-state index >= 15 is 0 Å². The first-order chi connectivity index (χ1) is 14.7. The Morgan fingerprint density at radius 1 is 1.13 bits per heavy atom. The number of nitrogens with one attached hydrogen (secondary N) is 1. The molecule has 3 amide bonds. The molecular formula is C20H14BrCl3N2O5. The molecular weight excluding hydrogens is 534 g/mol. The van der Waals surface area contributed by atoms with Crippen molar-refractivity contribution in [3.05, 3.63) is 66.7 Å². The van der Waals surface area contributed by atoms with Gasteiger partial charge in [-0.3, -0.25) is 9.59 Å². The van der Waals surface area contributed by atoms with Gasteiger partial charge in [0.25, 0.3) is 5.91 Å². The van der Waals surface area contributed by atoms with Gasteiger partial charge in [-0.15, -0.1) is 0 Å². The van der Waals surface area contributed by atoms with Crippen LogP contribution in [0, 0.1) is 0 Å². The number of imide groups is 1. The van der Waals surface area contributed by atoms with Crippen LogP contribution >= 0.6 is 50.7 Å². The van der Waals surface area contributed by atoms with Gasteiger partial charge in [-0.25, -0.2) is 9.69 Å². The van der Waals surface area contributed by atoms with Crippen LogP contribution in [0.25, 0.3) is 6.08 Å². The van der Waals surface area contributed by atoms with Crippen LogP contribution < -0.4 is 10.1 Å². The van der Waals surface area contributed by atoms with Crippen molar-refractivity contribution in [3.8, 4) is 5.75 Å². The number of benzene rings is 2. The van der Waals surface area contributed by atoms with Crippen LogP contribution in [0.15, 0.2) is 40.5 Å². The summed E-state index contributed by atoms with van der Waals surface area (Å²) in [4.78, 5) is 36.5. The van der Waals surface area contributed by atoms with Gasteiger partial charge in [-0.2, -0.15) is 0 Å². The molecule has 0 bridgehead atoms. The maximum absolute atomic E-state index is 12.4. The van der Waals surface area contributed by atoms with E-state index in [2.05, 4.69) is 26.0 Å². The number of methoxy groups -OCH3 is 1. The summed E-state index contributed by atoms with van der Waals surface area (Å²) in [7, 11) is 1.17. The zero-order valence-electron chi connectivity index (χ0n) is 15.9. The van der Waals surface area contributed by atoms with Crippen molar-refractivity contribution in [3.63, 3.8) is 0 Å². The van der Waals surface area contributed by atoms with Gasteiger partial charge in [0.1, 0.15) is 18.8 Å². The number of ether oxygens (including phenoxy) is 2. The second-order valence-corrected chi connectivity index (χ2v) is 8.38. The minimum atomic E-state index is -0.714. The number of carbonyl (C=O) groups excluding carboxylic acids is 3. The number of amides is 3. The highest BCUT2D eigenvalue weighted by atomic mass is 79.9. The van der Waals surface area contributed by atoms with E-state index in [1.54, 1.807) is 30.3 Å². The summed E-state index contributed by atoms with van der Waals surface area (Å²) < 4.78 is 10.8. The molecule has 0 atom stereocenters. The minimum absolute atomic E-state index is 0.00124. The molecule has 11 heteroatoms. The molecule has 162 valence electrons. The predicted octanol–water partition coefficient (Wildman–Crippen LogP) is 5.05. The average Bonchev–Trinajstić information content (AvgIpc) is 2.97. The zero-order chi connectivity index (χ0) is 22.7. The Morgan fingerprint density at radius 3 is 2.52 bits per heavy atom. The monoisotopic (exact) mass is 546 g/mol. The molecule has 3 rings (SSSR count). The molecule has 1 aliphatic heterocycles. The SMILES string of the molecule is COC(=O)CN1C(=O)N/C(=C/c2cc(Cl)c(OCc3ccc(Cl)c(Cl)c3)c(Br)c2)C1=O. The van der Waals surface area contributed by atoms with Crippen LogP contribution in [0.4, 0.5) is 4.79 Å². The van der Waals surface area contributed by atoms with Gasteiger partial charge in [0.2, 0.25) is 0 Å². The van der Waals surface area contributed by atoms with E-state index < -0.39 is 24.5 Å². The molecule has 0 unspecified atom stereocenters. The number of urea groups is 1. The first kappa shape index (κ1) is 23.4. The number of esters is 1. The molecule has 7 nitrogen and oxygen atoms in total. The van der Waals surface area contributed by atoms with Crippen molar-refractivity contribution in [2.24, 2.45) is 0 Å². The second kappa shape index (κ2) is 9.91. The van der Waals surface area contributed by atoms with Gasteiger partial charge in [0.05, 0.1) is 26.7 Å². The summed E-state index contributed by atoms with van der Waals surface area (Å²) in [6.07, 6.45) is 1.44. The van der Waals surface area contributed by atoms with Crippen LogP contribution in [-0.4, -0.2) is 36.5 Å². The normalized spacial score (nSPS) is 14.7. The second-order valence-electron chi connectivity index (χ2n) is 6.31. The Labute approximate surface area is 201 Å². The quantitative estimate of drug-likeness (QED) is 0.310. The summed E-state index contributed by atoms with van der Waals surface area (Å²) in [5, 5.41) is 3.56. The lowest BCUT2D eigenvalue weighted by atomic mass is 10.1. The lowest BCUT2D eigenvalue weighted by molar-refractivity contribution is -0.143. The van der Waals surface area contributed by atoms with Gasteiger partial charge in [0.15, 0.2) is 5.75 Å². The molecule has 1 fully saturated rings. The lowest BCUT2D eigenvalue weighted by Gasteiger charge is -2.12. The van der Waals surface area contributed by atoms with E-state index in [-0.39, 0.29) is 17.3 Å². The van der Waals surface area contributed by atoms with Crippen LogP contribution in [0.1, 0.15) is 11.1 Å². The van der Waals surface area contributed by atoms with Crippen LogP contribution in [-0.2, 0) is 20.9 Å². The standard InChI is InChI=1S/C20H14BrCl3N2O5/c1-30-17(27)8-26-19(28)16(25-20(26)29)7-11-4-12(21)18(15(24)6-11)31-9-10-2-3-13(22)14(23)5-10/h2-7H,8-9H2,1H3,(H,25,29)/b16-7+. The molecule has 1 N–H and O–H groups in total. The van der Waals surface area contributed by atoms with Gasteiger partial charge in [0, 0.05) is 0 Å². The van der Waals surface area contributed by atoms with E-state index in [4.69, 9.17) is 39.5 Å². The van der Waals surface area contributed by atoms with Crippen LogP contribution in [0.3, 0.4) is 0 Å². The molecule has 0 saturated carbocycles. The molecule has 0 aromatic heterocycles. The van der Waals surface area contributed by atoms with E-state index in [0.29, 0.717) is 25.8 Å².